The van der Waals surface area contributed by atoms with E-state index in [1.807, 2.05) is 4.90 Å². The molecule has 0 N–H and O–H groups in total. The number of aromatic nitrogens is 2. The van der Waals surface area contributed by atoms with Crippen LogP contribution in [0.1, 0.15) is 6.42 Å². The van der Waals surface area contributed by atoms with Crippen LogP contribution in [-0.4, -0.2) is 29.2 Å². The molecule has 1 aliphatic heterocycles. The molecule has 1 aliphatic rings. The summed E-state index contributed by atoms with van der Waals surface area (Å²) in [6.45, 7) is 1.23. The van der Waals surface area contributed by atoms with Gasteiger partial charge in [0.1, 0.15) is 18.3 Å². The van der Waals surface area contributed by atoms with Crippen LogP contribution in [0.4, 0.5) is 10.2 Å². The van der Waals surface area contributed by atoms with Crippen molar-refractivity contribution in [2.45, 2.75) is 12.6 Å². The molecule has 12 heavy (non-hydrogen) atoms. The van der Waals surface area contributed by atoms with Crippen molar-refractivity contribution in [1.82, 2.24) is 9.97 Å². The zero-order valence-electron chi connectivity index (χ0n) is 6.65. The van der Waals surface area contributed by atoms with Crippen LogP contribution in [0.5, 0.6) is 0 Å². The van der Waals surface area contributed by atoms with Crippen LogP contribution in [0.2, 0.25) is 0 Å². The molecule has 1 saturated heterocycles. The van der Waals surface area contributed by atoms with Crippen LogP contribution >= 0.6 is 0 Å². The molecule has 0 aliphatic carbocycles. The monoisotopic (exact) mass is 167 g/mol. The summed E-state index contributed by atoms with van der Waals surface area (Å²) in [7, 11) is 0. The minimum Gasteiger partial charge on any atom is -0.353 e. The average Bonchev–Trinajstić information content (AvgIpc) is 2.54. The fourth-order valence-corrected chi connectivity index (χ4v) is 1.40. The quantitative estimate of drug-likeness (QED) is 0.625. The fourth-order valence-electron chi connectivity index (χ4n) is 1.40. The average molecular weight is 167 g/mol. The van der Waals surface area contributed by atoms with Crippen molar-refractivity contribution in [3.8, 4) is 0 Å². The lowest BCUT2D eigenvalue weighted by Gasteiger charge is -2.14. The molecule has 0 spiro atoms. The zero-order valence-corrected chi connectivity index (χ0v) is 6.65. The number of hydrogen-bond donors (Lipinski definition) is 0. The molecule has 2 rings (SSSR count). The summed E-state index contributed by atoms with van der Waals surface area (Å²) in [6.07, 6.45) is 3.08. The van der Waals surface area contributed by atoms with Crippen LogP contribution in [0.3, 0.4) is 0 Å². The fraction of sp³-hybridized carbons (Fsp3) is 0.500. The Morgan fingerprint density at radius 2 is 2.50 bits per heavy atom. The molecule has 1 fully saturated rings. The molecule has 0 aromatic carbocycles. The summed E-state index contributed by atoms with van der Waals surface area (Å²) in [5, 5.41) is 0. The highest BCUT2D eigenvalue weighted by Gasteiger charge is 2.22. The van der Waals surface area contributed by atoms with Crippen molar-refractivity contribution < 1.29 is 4.39 Å². The lowest BCUT2D eigenvalue weighted by Crippen LogP contribution is -2.20. The molecule has 0 amide bonds. The molecular weight excluding hydrogens is 157 g/mol. The zero-order chi connectivity index (χ0) is 8.39. The molecule has 0 saturated carbocycles. The highest BCUT2D eigenvalue weighted by atomic mass is 19.1. The Kier molecular flexibility index (Phi) is 1.89. The molecule has 64 valence electrons. The van der Waals surface area contributed by atoms with E-state index in [0.717, 1.165) is 12.4 Å². The molecule has 0 unspecified atom stereocenters. The number of alkyl halides is 1. The van der Waals surface area contributed by atoms with E-state index >= 15 is 0 Å². The third-order valence-electron chi connectivity index (χ3n) is 2.02. The first-order chi connectivity index (χ1) is 5.86. The van der Waals surface area contributed by atoms with E-state index in [1.165, 1.54) is 6.33 Å². The van der Waals surface area contributed by atoms with Crippen LogP contribution in [-0.2, 0) is 0 Å². The summed E-state index contributed by atoms with van der Waals surface area (Å²) < 4.78 is 12.8. The Labute approximate surface area is 70.3 Å². The minimum atomic E-state index is -0.694. The van der Waals surface area contributed by atoms with E-state index in [2.05, 4.69) is 9.97 Å². The molecule has 0 radical (unpaired) electrons. The van der Waals surface area contributed by atoms with Gasteiger partial charge in [-0.2, -0.15) is 0 Å². The first kappa shape index (κ1) is 7.46. The Bertz CT molecular complexity index is 252. The van der Waals surface area contributed by atoms with Crippen molar-refractivity contribution in [2.75, 3.05) is 18.0 Å². The van der Waals surface area contributed by atoms with E-state index in [0.29, 0.717) is 13.0 Å². The van der Waals surface area contributed by atoms with E-state index in [-0.39, 0.29) is 0 Å². The van der Waals surface area contributed by atoms with Gasteiger partial charge in [-0.25, -0.2) is 14.4 Å². The molecule has 1 aromatic rings. The Morgan fingerprint density at radius 3 is 3.08 bits per heavy atom. The van der Waals surface area contributed by atoms with Gasteiger partial charge >= 0.3 is 0 Å². The van der Waals surface area contributed by atoms with Crippen LogP contribution in [0, 0.1) is 0 Å². The second-order valence-corrected chi connectivity index (χ2v) is 2.90. The summed E-state index contributed by atoms with van der Waals surface area (Å²) in [6, 6.07) is 1.80. The topological polar surface area (TPSA) is 29.0 Å². The molecule has 0 bridgehead atoms. The van der Waals surface area contributed by atoms with E-state index in [1.54, 1.807) is 12.3 Å². The predicted octanol–water partition coefficient (Wildman–Crippen LogP) is 1.02. The Morgan fingerprint density at radius 1 is 1.58 bits per heavy atom. The van der Waals surface area contributed by atoms with Crippen molar-refractivity contribution >= 4 is 5.82 Å². The molecular formula is C8H10FN3. The van der Waals surface area contributed by atoms with Crippen molar-refractivity contribution in [3.63, 3.8) is 0 Å². The third kappa shape index (κ3) is 1.37. The van der Waals surface area contributed by atoms with Gasteiger partial charge in [0.25, 0.3) is 0 Å². The first-order valence-corrected chi connectivity index (χ1v) is 4.01. The van der Waals surface area contributed by atoms with Crippen molar-refractivity contribution in [3.05, 3.63) is 18.6 Å². The maximum absolute atomic E-state index is 12.8. The summed E-state index contributed by atoms with van der Waals surface area (Å²) in [5.41, 5.74) is 0. The summed E-state index contributed by atoms with van der Waals surface area (Å²) in [5.74, 6) is 0.824. The highest BCUT2D eigenvalue weighted by molar-refractivity contribution is 5.37. The molecule has 1 atom stereocenters. The van der Waals surface area contributed by atoms with Crippen molar-refractivity contribution in [1.29, 1.82) is 0 Å². The van der Waals surface area contributed by atoms with Crippen LogP contribution in [0.25, 0.3) is 0 Å². The second kappa shape index (κ2) is 3.05. The van der Waals surface area contributed by atoms with Crippen LogP contribution < -0.4 is 4.90 Å². The first-order valence-electron chi connectivity index (χ1n) is 4.01. The maximum Gasteiger partial charge on any atom is 0.131 e. The van der Waals surface area contributed by atoms with Gasteiger partial charge in [-0.15, -0.1) is 0 Å². The number of hydrogen-bond acceptors (Lipinski definition) is 3. The number of anilines is 1. The Balaban J connectivity index is 2.11. The van der Waals surface area contributed by atoms with Gasteiger partial charge in [0, 0.05) is 12.7 Å². The molecule has 4 heteroatoms. The SMILES string of the molecule is F[C@@H]1CCN(c2ccncn2)C1. The highest BCUT2D eigenvalue weighted by Crippen LogP contribution is 2.18. The van der Waals surface area contributed by atoms with Gasteiger partial charge in [0.15, 0.2) is 0 Å². The molecule has 1 aromatic heterocycles. The minimum absolute atomic E-state index is 0.469. The van der Waals surface area contributed by atoms with Gasteiger partial charge in [0.2, 0.25) is 0 Å². The largest absolute Gasteiger partial charge is 0.353 e. The Hall–Kier alpha value is -1.19. The standard InChI is InChI=1S/C8H10FN3/c9-7-2-4-12(5-7)8-1-3-10-6-11-8/h1,3,6-7H,2,4-5H2/t7-/m1/s1. The van der Waals surface area contributed by atoms with Crippen molar-refractivity contribution in [2.24, 2.45) is 0 Å². The predicted molar refractivity (Wildman–Crippen MR) is 43.8 cm³/mol. The normalized spacial score (nSPS) is 23.1. The number of nitrogens with zero attached hydrogens (tertiary/aromatic N) is 3. The van der Waals surface area contributed by atoms with Gasteiger partial charge < -0.3 is 4.90 Å². The van der Waals surface area contributed by atoms with Gasteiger partial charge in [0.05, 0.1) is 6.54 Å². The lowest BCUT2D eigenvalue weighted by atomic mass is 10.3. The third-order valence-corrected chi connectivity index (χ3v) is 2.02. The summed E-state index contributed by atoms with van der Waals surface area (Å²) in [4.78, 5) is 9.78. The molecule has 2 heterocycles. The summed E-state index contributed by atoms with van der Waals surface area (Å²) >= 11 is 0. The van der Waals surface area contributed by atoms with E-state index in [9.17, 15) is 4.39 Å². The van der Waals surface area contributed by atoms with Crippen LogP contribution in [0.15, 0.2) is 18.6 Å². The van der Waals surface area contributed by atoms with E-state index in [4.69, 9.17) is 0 Å². The molecule has 3 nitrogen and oxygen atoms in total. The number of rotatable bonds is 1. The lowest BCUT2D eigenvalue weighted by molar-refractivity contribution is 0.364. The number of halogens is 1. The van der Waals surface area contributed by atoms with Gasteiger partial charge in [-0.3, -0.25) is 0 Å². The van der Waals surface area contributed by atoms with Gasteiger partial charge in [-0.05, 0) is 12.5 Å². The maximum atomic E-state index is 12.8. The second-order valence-electron chi connectivity index (χ2n) is 2.90. The smallest absolute Gasteiger partial charge is 0.131 e. The van der Waals surface area contributed by atoms with Gasteiger partial charge in [-0.1, -0.05) is 0 Å². The van der Waals surface area contributed by atoms with E-state index < -0.39 is 6.17 Å².